The fraction of sp³-hybridized carbons (Fsp3) is 0.667. The molecule has 0 unspecified atom stereocenters. The van der Waals surface area contributed by atoms with Gasteiger partial charge < -0.3 is 28.5 Å². The third kappa shape index (κ3) is 2.28. The molecule has 0 radical (unpaired) electrons. The maximum absolute atomic E-state index is 14.1. The molecule has 6 rings (SSSR count). The molecule has 0 bridgehead atoms. The van der Waals surface area contributed by atoms with Crippen molar-refractivity contribution in [2.75, 3.05) is 7.11 Å². The van der Waals surface area contributed by atoms with Crippen molar-refractivity contribution in [1.82, 2.24) is 0 Å². The Bertz CT molecular complexity index is 1200. The molecular weight excluding hydrogens is 468 g/mol. The predicted molar refractivity (Wildman–Crippen MR) is 122 cm³/mol. The van der Waals surface area contributed by atoms with Gasteiger partial charge in [-0.15, -0.1) is 0 Å². The lowest BCUT2D eigenvalue weighted by atomic mass is 9.37. The summed E-state index contributed by atoms with van der Waals surface area (Å²) < 4.78 is 28.5. The zero-order chi connectivity index (χ0) is 26.1. The molecule has 2 aliphatic carbocycles. The molecule has 3 saturated heterocycles. The van der Waals surface area contributed by atoms with Gasteiger partial charge in [-0.25, -0.2) is 9.59 Å². The summed E-state index contributed by atoms with van der Waals surface area (Å²) in [5.41, 5.74) is -5.54. The number of carbonyl (C=O) groups is 3. The largest absolute Gasteiger partial charge is 0.472 e. The number of aliphatic hydroxyl groups excluding tert-OH is 1. The number of hydrogen-bond donors (Lipinski definition) is 1. The number of methoxy groups -OCH3 is 1. The topological polar surface area (TPSA) is 128 Å². The van der Waals surface area contributed by atoms with Gasteiger partial charge >= 0.3 is 11.9 Å². The fourth-order valence-electron chi connectivity index (χ4n) is 8.80. The third-order valence-corrected chi connectivity index (χ3v) is 10.4. The first-order chi connectivity index (χ1) is 16.8. The van der Waals surface area contributed by atoms with Crippen molar-refractivity contribution in [3.63, 3.8) is 0 Å². The van der Waals surface area contributed by atoms with E-state index in [1.54, 1.807) is 18.4 Å². The SMILES string of the molecule is COC(=O)/C=C/[C@]1(C)[C@H]2CC[C@@]3(C)[C@H](c4ccoc4)OC(=O)[C@@H]4O[C@@]43[C@]2(C)[C@@H](O)C(=O)[C@]12OC2(C)C. The number of ketones is 1. The van der Waals surface area contributed by atoms with Crippen molar-refractivity contribution in [3.05, 3.63) is 36.3 Å². The number of Topliss-reactive ketones (excluding diaryl/α,β-unsaturated/α-hetero) is 1. The number of esters is 2. The molecule has 194 valence electrons. The lowest BCUT2D eigenvalue weighted by Gasteiger charge is -2.65. The summed E-state index contributed by atoms with van der Waals surface area (Å²) in [6.45, 7) is 9.38. The zero-order valence-electron chi connectivity index (χ0n) is 21.3. The van der Waals surface area contributed by atoms with Crippen molar-refractivity contribution in [2.24, 2.45) is 22.2 Å². The van der Waals surface area contributed by atoms with Gasteiger partial charge in [0.2, 0.25) is 0 Å². The Balaban J connectivity index is 1.55. The zero-order valence-corrected chi connectivity index (χ0v) is 21.3. The first-order valence-electron chi connectivity index (χ1n) is 12.4. The second-order valence-electron chi connectivity index (χ2n) is 12.1. The quantitative estimate of drug-likeness (QED) is 0.378. The fourth-order valence-corrected chi connectivity index (χ4v) is 8.80. The van der Waals surface area contributed by atoms with Gasteiger partial charge in [-0.2, -0.15) is 0 Å². The van der Waals surface area contributed by atoms with Crippen LogP contribution in [-0.4, -0.2) is 58.9 Å². The van der Waals surface area contributed by atoms with Gasteiger partial charge in [0.15, 0.2) is 17.5 Å². The number of ether oxygens (including phenoxy) is 4. The van der Waals surface area contributed by atoms with Crippen LogP contribution in [0.2, 0.25) is 0 Å². The maximum Gasteiger partial charge on any atom is 0.339 e. The summed E-state index contributed by atoms with van der Waals surface area (Å²) in [7, 11) is 1.29. The van der Waals surface area contributed by atoms with Gasteiger partial charge in [-0.1, -0.05) is 26.8 Å². The van der Waals surface area contributed by atoms with Crippen molar-refractivity contribution < 1.29 is 42.9 Å². The lowest BCUT2D eigenvalue weighted by molar-refractivity contribution is -0.233. The Hall–Kier alpha value is -2.49. The van der Waals surface area contributed by atoms with E-state index in [-0.39, 0.29) is 5.92 Å². The molecule has 5 fully saturated rings. The minimum Gasteiger partial charge on any atom is -0.472 e. The summed E-state index contributed by atoms with van der Waals surface area (Å²) in [6, 6.07) is 1.76. The first-order valence-corrected chi connectivity index (χ1v) is 12.4. The minimum atomic E-state index is -1.45. The monoisotopic (exact) mass is 500 g/mol. The maximum atomic E-state index is 14.1. The Morgan fingerprint density at radius 1 is 1.17 bits per heavy atom. The van der Waals surface area contributed by atoms with Gasteiger partial charge in [0.05, 0.1) is 19.6 Å². The van der Waals surface area contributed by atoms with Gasteiger partial charge in [-0.3, -0.25) is 4.79 Å². The molecule has 1 N–H and O–H groups in total. The minimum absolute atomic E-state index is 0.366. The molecule has 5 aliphatic rings. The van der Waals surface area contributed by atoms with Gasteiger partial charge in [-0.05, 0) is 38.7 Å². The molecule has 9 heteroatoms. The summed E-state index contributed by atoms with van der Waals surface area (Å²) in [6.07, 6.45) is 4.24. The van der Waals surface area contributed by atoms with E-state index in [1.807, 2.05) is 34.6 Å². The summed E-state index contributed by atoms with van der Waals surface area (Å²) in [4.78, 5) is 39.5. The molecule has 1 aromatic rings. The number of hydrogen-bond acceptors (Lipinski definition) is 9. The van der Waals surface area contributed by atoms with Crippen LogP contribution < -0.4 is 0 Å². The Morgan fingerprint density at radius 2 is 1.86 bits per heavy atom. The molecule has 2 saturated carbocycles. The second-order valence-corrected chi connectivity index (χ2v) is 12.1. The summed E-state index contributed by atoms with van der Waals surface area (Å²) in [5, 5.41) is 11.8. The second kappa shape index (κ2) is 6.68. The van der Waals surface area contributed by atoms with Crippen LogP contribution in [0.5, 0.6) is 0 Å². The number of aliphatic hydroxyl groups is 1. The van der Waals surface area contributed by atoms with E-state index in [9.17, 15) is 19.5 Å². The van der Waals surface area contributed by atoms with Gasteiger partial charge in [0.1, 0.15) is 23.4 Å². The van der Waals surface area contributed by atoms with Crippen LogP contribution >= 0.6 is 0 Å². The van der Waals surface area contributed by atoms with Crippen molar-refractivity contribution in [2.45, 2.75) is 82.6 Å². The smallest absolute Gasteiger partial charge is 0.339 e. The molecule has 0 aromatic carbocycles. The highest BCUT2D eigenvalue weighted by atomic mass is 16.7. The molecule has 0 amide bonds. The van der Waals surface area contributed by atoms with Crippen LogP contribution in [0.3, 0.4) is 0 Å². The molecular formula is C27H32O9. The number of fused-ring (bicyclic) bond motifs is 1. The van der Waals surface area contributed by atoms with Crippen LogP contribution in [0.15, 0.2) is 35.2 Å². The number of furan rings is 1. The number of epoxide rings is 2. The van der Waals surface area contributed by atoms with E-state index in [4.69, 9.17) is 23.4 Å². The van der Waals surface area contributed by atoms with Crippen molar-refractivity contribution in [1.29, 1.82) is 0 Å². The number of rotatable bonds is 3. The average molecular weight is 501 g/mol. The van der Waals surface area contributed by atoms with Crippen molar-refractivity contribution >= 4 is 17.7 Å². The molecule has 4 heterocycles. The van der Waals surface area contributed by atoms with Crippen LogP contribution in [0.1, 0.15) is 59.1 Å². The summed E-state index contributed by atoms with van der Waals surface area (Å²) >= 11 is 0. The third-order valence-electron chi connectivity index (χ3n) is 10.4. The normalized spacial score (nSPS) is 50.2. The Labute approximate surface area is 209 Å². The summed E-state index contributed by atoms with van der Waals surface area (Å²) in [5.74, 6) is -1.90. The molecule has 9 atom stereocenters. The highest BCUT2D eigenvalue weighted by Crippen LogP contribution is 2.81. The van der Waals surface area contributed by atoms with E-state index in [0.29, 0.717) is 18.4 Å². The van der Waals surface area contributed by atoms with Gasteiger partial charge in [0.25, 0.3) is 0 Å². The van der Waals surface area contributed by atoms with Crippen LogP contribution in [0.4, 0.5) is 0 Å². The standard InChI is InChI=1S/C27H32O9/c1-22(2)26(36-22)18(30)17(29)25(5)15(23(26,3)11-8-16(28)32-6)7-10-24(4)19(14-9-12-33-13-14)34-21(31)20-27(24,25)35-20/h8-9,11-13,15,17,19-20,29H,7,10H2,1-6H3/b11-8+/t15-,17+,19+,20+,23-,24+,25+,26-,27+/m1/s1. The van der Waals surface area contributed by atoms with Crippen LogP contribution in [-0.2, 0) is 33.3 Å². The van der Waals surface area contributed by atoms with Gasteiger partial charge in [0, 0.05) is 27.9 Å². The number of cyclic esters (lactones) is 1. The molecule has 36 heavy (non-hydrogen) atoms. The molecule has 1 aromatic heterocycles. The van der Waals surface area contributed by atoms with E-state index in [1.165, 1.54) is 19.4 Å². The predicted octanol–water partition coefficient (Wildman–Crippen LogP) is 2.66. The highest BCUT2D eigenvalue weighted by molar-refractivity contribution is 5.99. The average Bonchev–Trinajstić information content (AvgIpc) is 3.64. The van der Waals surface area contributed by atoms with E-state index in [2.05, 4.69) is 0 Å². The van der Waals surface area contributed by atoms with Crippen LogP contribution in [0, 0.1) is 22.2 Å². The Morgan fingerprint density at radius 3 is 2.44 bits per heavy atom. The lowest BCUT2D eigenvalue weighted by Crippen LogP contribution is -2.75. The van der Waals surface area contributed by atoms with E-state index in [0.717, 1.165) is 0 Å². The van der Waals surface area contributed by atoms with Crippen molar-refractivity contribution in [3.8, 4) is 0 Å². The van der Waals surface area contributed by atoms with E-state index >= 15 is 0 Å². The van der Waals surface area contributed by atoms with E-state index < -0.39 is 69.1 Å². The number of carbonyl (C=O) groups excluding carboxylic acids is 3. The highest BCUT2D eigenvalue weighted by Gasteiger charge is 2.92. The first kappa shape index (κ1) is 23.9. The molecule has 9 nitrogen and oxygen atoms in total. The Kier molecular flexibility index (Phi) is 4.43. The molecule has 2 spiro atoms. The van der Waals surface area contributed by atoms with Crippen LogP contribution in [0.25, 0.3) is 0 Å². The molecule has 3 aliphatic heterocycles.